The van der Waals surface area contributed by atoms with Crippen molar-refractivity contribution in [3.8, 4) is 0 Å². The zero-order chi connectivity index (χ0) is 13.0. The first-order valence-corrected chi connectivity index (χ1v) is 7.82. The van der Waals surface area contributed by atoms with Gasteiger partial charge in [-0.25, -0.2) is 0 Å². The quantitative estimate of drug-likeness (QED) is 0.831. The number of hydrogen-bond acceptors (Lipinski definition) is 2. The Bertz CT molecular complexity index is 449. The molecule has 1 saturated heterocycles. The second-order valence-electron chi connectivity index (χ2n) is 4.72. The third-order valence-electron chi connectivity index (χ3n) is 3.24. The van der Waals surface area contributed by atoms with Crippen LogP contribution < -0.4 is 0 Å². The first kappa shape index (κ1) is 13.3. The lowest BCUT2D eigenvalue weighted by Gasteiger charge is -2.26. The predicted octanol–water partition coefficient (Wildman–Crippen LogP) is 1.52. The third kappa shape index (κ3) is 3.67. The van der Waals surface area contributed by atoms with Crippen molar-refractivity contribution in [2.75, 3.05) is 24.6 Å². The highest BCUT2D eigenvalue weighted by molar-refractivity contribution is 7.85. The van der Waals surface area contributed by atoms with Crippen LogP contribution in [0.2, 0.25) is 0 Å². The molecule has 0 N–H and O–H groups in total. The monoisotopic (exact) mass is 265 g/mol. The minimum Gasteiger partial charge on any atom is -0.341 e. The lowest BCUT2D eigenvalue weighted by atomic mass is 10.1. The van der Waals surface area contributed by atoms with Gasteiger partial charge in [0.1, 0.15) is 0 Å². The van der Waals surface area contributed by atoms with Gasteiger partial charge in [0, 0.05) is 41.8 Å². The number of rotatable bonds is 3. The number of aryl methyl sites for hydroxylation is 2. The van der Waals surface area contributed by atoms with E-state index >= 15 is 0 Å². The van der Waals surface area contributed by atoms with Crippen LogP contribution in [-0.4, -0.2) is 39.6 Å². The van der Waals surface area contributed by atoms with Gasteiger partial charge in [0.15, 0.2) is 0 Å². The van der Waals surface area contributed by atoms with Gasteiger partial charge in [0.25, 0.3) is 0 Å². The number of benzene rings is 1. The van der Waals surface area contributed by atoms with Gasteiger partial charge < -0.3 is 4.90 Å². The first-order valence-electron chi connectivity index (χ1n) is 6.33. The van der Waals surface area contributed by atoms with Crippen molar-refractivity contribution < 1.29 is 9.00 Å². The summed E-state index contributed by atoms with van der Waals surface area (Å²) >= 11 is 0. The van der Waals surface area contributed by atoms with E-state index in [9.17, 15) is 9.00 Å². The van der Waals surface area contributed by atoms with Crippen LogP contribution in [0.25, 0.3) is 0 Å². The van der Waals surface area contributed by atoms with Crippen molar-refractivity contribution in [3.05, 3.63) is 35.4 Å². The fraction of sp³-hybridized carbons (Fsp3) is 0.500. The molecule has 2 rings (SSSR count). The molecule has 98 valence electrons. The number of carbonyl (C=O) groups is 1. The standard InChI is InChI=1S/C14H19NO2S/c1-12-3-2-4-13(11-12)5-6-14(16)15-7-9-18(17)10-8-15/h2-4,11H,5-10H2,1H3. The molecule has 0 spiro atoms. The van der Waals surface area contributed by atoms with E-state index in [2.05, 4.69) is 25.1 Å². The Balaban J connectivity index is 1.83. The van der Waals surface area contributed by atoms with Crippen LogP contribution in [0.1, 0.15) is 17.5 Å². The summed E-state index contributed by atoms with van der Waals surface area (Å²) < 4.78 is 11.2. The van der Waals surface area contributed by atoms with E-state index in [4.69, 9.17) is 0 Å². The van der Waals surface area contributed by atoms with E-state index in [1.807, 2.05) is 11.0 Å². The number of hydrogen-bond donors (Lipinski definition) is 0. The summed E-state index contributed by atoms with van der Waals surface area (Å²) in [4.78, 5) is 13.8. The van der Waals surface area contributed by atoms with Crippen molar-refractivity contribution in [2.45, 2.75) is 19.8 Å². The molecule has 1 aromatic rings. The molecule has 1 fully saturated rings. The summed E-state index contributed by atoms with van der Waals surface area (Å²) in [5.41, 5.74) is 2.44. The van der Waals surface area contributed by atoms with Crippen molar-refractivity contribution in [2.24, 2.45) is 0 Å². The highest BCUT2D eigenvalue weighted by Crippen LogP contribution is 2.09. The highest BCUT2D eigenvalue weighted by Gasteiger charge is 2.19. The molecule has 1 heterocycles. The third-order valence-corrected chi connectivity index (χ3v) is 4.52. The maximum atomic E-state index is 12.0. The number of amides is 1. The molecule has 4 heteroatoms. The Morgan fingerprint density at radius 3 is 2.72 bits per heavy atom. The van der Waals surface area contributed by atoms with Gasteiger partial charge in [-0.3, -0.25) is 9.00 Å². The van der Waals surface area contributed by atoms with Crippen LogP contribution in [0, 0.1) is 6.92 Å². The summed E-state index contributed by atoms with van der Waals surface area (Å²) in [7, 11) is -0.714. The van der Waals surface area contributed by atoms with Crippen molar-refractivity contribution in [1.29, 1.82) is 0 Å². The van der Waals surface area contributed by atoms with Gasteiger partial charge in [-0.15, -0.1) is 0 Å². The molecular formula is C14H19NO2S. The van der Waals surface area contributed by atoms with E-state index < -0.39 is 10.8 Å². The molecule has 1 aliphatic heterocycles. The number of nitrogens with zero attached hydrogens (tertiary/aromatic N) is 1. The Labute approximate surface area is 111 Å². The zero-order valence-corrected chi connectivity index (χ0v) is 11.5. The molecule has 0 unspecified atom stereocenters. The van der Waals surface area contributed by atoms with E-state index in [1.54, 1.807) is 0 Å². The Hall–Kier alpha value is -1.16. The SMILES string of the molecule is Cc1cccc(CCC(=O)N2CCS(=O)CC2)c1. The lowest BCUT2D eigenvalue weighted by molar-refractivity contribution is -0.130. The summed E-state index contributed by atoms with van der Waals surface area (Å²) in [6, 6.07) is 8.27. The molecule has 0 saturated carbocycles. The predicted molar refractivity (Wildman–Crippen MR) is 74.0 cm³/mol. The molecule has 1 amide bonds. The maximum absolute atomic E-state index is 12.0. The van der Waals surface area contributed by atoms with Gasteiger partial charge in [0.05, 0.1) is 0 Å². The normalized spacial score (nSPS) is 16.8. The zero-order valence-electron chi connectivity index (χ0n) is 10.7. The van der Waals surface area contributed by atoms with Crippen LogP contribution in [0.4, 0.5) is 0 Å². The van der Waals surface area contributed by atoms with Crippen LogP contribution in [0.15, 0.2) is 24.3 Å². The van der Waals surface area contributed by atoms with Gasteiger partial charge in [-0.05, 0) is 18.9 Å². The van der Waals surface area contributed by atoms with Gasteiger partial charge in [-0.2, -0.15) is 0 Å². The Morgan fingerprint density at radius 2 is 2.06 bits per heavy atom. The van der Waals surface area contributed by atoms with E-state index in [0.29, 0.717) is 31.0 Å². The van der Waals surface area contributed by atoms with E-state index in [0.717, 1.165) is 6.42 Å². The molecule has 0 bridgehead atoms. The Morgan fingerprint density at radius 1 is 1.33 bits per heavy atom. The highest BCUT2D eigenvalue weighted by atomic mass is 32.2. The van der Waals surface area contributed by atoms with Crippen LogP contribution in [0.5, 0.6) is 0 Å². The first-order chi connectivity index (χ1) is 8.65. The van der Waals surface area contributed by atoms with Crippen LogP contribution in [-0.2, 0) is 22.0 Å². The maximum Gasteiger partial charge on any atom is 0.222 e. The van der Waals surface area contributed by atoms with Crippen molar-refractivity contribution in [1.82, 2.24) is 4.90 Å². The largest absolute Gasteiger partial charge is 0.341 e. The smallest absolute Gasteiger partial charge is 0.222 e. The van der Waals surface area contributed by atoms with Gasteiger partial charge in [-0.1, -0.05) is 29.8 Å². The average molecular weight is 265 g/mol. The fourth-order valence-corrected chi connectivity index (χ4v) is 3.22. The van der Waals surface area contributed by atoms with Gasteiger partial charge >= 0.3 is 0 Å². The molecule has 1 aliphatic rings. The number of carbonyl (C=O) groups excluding carboxylic acids is 1. The average Bonchev–Trinajstić information content (AvgIpc) is 2.37. The summed E-state index contributed by atoms with van der Waals surface area (Å²) in [6.07, 6.45) is 1.34. The molecule has 3 nitrogen and oxygen atoms in total. The molecule has 0 atom stereocenters. The summed E-state index contributed by atoms with van der Waals surface area (Å²) in [5.74, 6) is 1.46. The lowest BCUT2D eigenvalue weighted by Crippen LogP contribution is -2.41. The van der Waals surface area contributed by atoms with E-state index in [1.165, 1.54) is 11.1 Å². The molecular weight excluding hydrogens is 246 g/mol. The second-order valence-corrected chi connectivity index (χ2v) is 6.41. The van der Waals surface area contributed by atoms with Crippen molar-refractivity contribution in [3.63, 3.8) is 0 Å². The minimum atomic E-state index is -0.714. The Kier molecular flexibility index (Phi) is 4.53. The van der Waals surface area contributed by atoms with E-state index in [-0.39, 0.29) is 5.91 Å². The molecule has 0 radical (unpaired) electrons. The van der Waals surface area contributed by atoms with Gasteiger partial charge in [0.2, 0.25) is 5.91 Å². The summed E-state index contributed by atoms with van der Waals surface area (Å²) in [6.45, 7) is 3.36. The summed E-state index contributed by atoms with van der Waals surface area (Å²) in [5, 5.41) is 0. The van der Waals surface area contributed by atoms with Crippen LogP contribution in [0.3, 0.4) is 0 Å². The van der Waals surface area contributed by atoms with Crippen LogP contribution >= 0.6 is 0 Å². The molecule has 18 heavy (non-hydrogen) atoms. The second kappa shape index (κ2) is 6.14. The molecule has 0 aliphatic carbocycles. The molecule has 0 aromatic heterocycles. The van der Waals surface area contributed by atoms with Crippen molar-refractivity contribution >= 4 is 16.7 Å². The fourth-order valence-electron chi connectivity index (χ4n) is 2.16. The topological polar surface area (TPSA) is 37.4 Å². The molecule has 1 aromatic carbocycles. The minimum absolute atomic E-state index is 0.188.